The van der Waals surface area contributed by atoms with Gasteiger partial charge >= 0.3 is 0 Å². The van der Waals surface area contributed by atoms with Crippen LogP contribution in [0.4, 0.5) is 0 Å². The Kier molecular flexibility index (Phi) is 6.21. The topological polar surface area (TPSA) is 49.8 Å². The monoisotopic (exact) mass is 311 g/mol. The molecule has 1 saturated heterocycles. The van der Waals surface area contributed by atoms with Crippen LogP contribution in [0.15, 0.2) is 24.3 Å². The highest BCUT2D eigenvalue weighted by Crippen LogP contribution is 2.17. The van der Waals surface area contributed by atoms with E-state index in [1.165, 1.54) is 0 Å². The van der Waals surface area contributed by atoms with Gasteiger partial charge in [0, 0.05) is 34.9 Å². The van der Waals surface area contributed by atoms with Gasteiger partial charge in [-0.25, -0.2) is 0 Å². The van der Waals surface area contributed by atoms with Crippen molar-refractivity contribution >= 4 is 10.8 Å². The van der Waals surface area contributed by atoms with E-state index in [0.717, 1.165) is 35.7 Å². The van der Waals surface area contributed by atoms with Gasteiger partial charge in [-0.15, -0.1) is 0 Å². The first-order valence-corrected chi connectivity index (χ1v) is 8.97. The lowest BCUT2D eigenvalue weighted by Gasteiger charge is -2.32. The van der Waals surface area contributed by atoms with Crippen molar-refractivity contribution in [2.24, 2.45) is 0 Å². The number of likely N-dealkylation sites (N-methyl/N-ethyl adjacent to an activating group) is 1. The number of aliphatic hydroxyl groups excluding tert-OH is 1. The molecule has 1 aromatic rings. The van der Waals surface area contributed by atoms with E-state index in [4.69, 9.17) is 4.74 Å². The summed E-state index contributed by atoms with van der Waals surface area (Å²) in [6.07, 6.45) is 1.39. The molecule has 1 aliphatic heterocycles. The van der Waals surface area contributed by atoms with Gasteiger partial charge in [0.25, 0.3) is 0 Å². The molecule has 21 heavy (non-hydrogen) atoms. The van der Waals surface area contributed by atoms with Crippen LogP contribution >= 0.6 is 0 Å². The summed E-state index contributed by atoms with van der Waals surface area (Å²) in [6, 6.07) is 8.25. The third-order valence-corrected chi connectivity index (χ3v) is 5.39. The first-order valence-electron chi connectivity index (χ1n) is 7.48. The highest BCUT2D eigenvalue weighted by atomic mass is 32.2. The summed E-state index contributed by atoms with van der Waals surface area (Å²) < 4.78 is 17.0. The molecular formula is C16H25NO3S. The van der Waals surface area contributed by atoms with Crippen LogP contribution in [0, 0.1) is 6.92 Å². The Morgan fingerprint density at radius 1 is 1.38 bits per heavy atom. The Morgan fingerprint density at radius 2 is 2.05 bits per heavy atom. The molecule has 0 amide bonds. The number of ether oxygens (including phenoxy) is 1. The predicted molar refractivity (Wildman–Crippen MR) is 86.2 cm³/mol. The third-order valence-electron chi connectivity index (χ3n) is 4.00. The van der Waals surface area contributed by atoms with E-state index >= 15 is 0 Å². The number of aryl methyl sites for hydroxylation is 1. The van der Waals surface area contributed by atoms with Gasteiger partial charge in [-0.05, 0) is 38.4 Å². The average molecular weight is 311 g/mol. The van der Waals surface area contributed by atoms with Crippen molar-refractivity contribution in [3.8, 4) is 5.75 Å². The van der Waals surface area contributed by atoms with E-state index in [1.807, 2.05) is 38.2 Å². The van der Waals surface area contributed by atoms with E-state index < -0.39 is 16.9 Å². The van der Waals surface area contributed by atoms with E-state index in [9.17, 15) is 9.32 Å². The van der Waals surface area contributed by atoms with Crippen LogP contribution in [0.25, 0.3) is 0 Å². The average Bonchev–Trinajstić information content (AvgIpc) is 2.47. The lowest BCUT2D eigenvalue weighted by molar-refractivity contribution is 0.0612. The second-order valence-electron chi connectivity index (χ2n) is 5.75. The van der Waals surface area contributed by atoms with Crippen LogP contribution in [-0.2, 0) is 10.8 Å². The van der Waals surface area contributed by atoms with Crippen molar-refractivity contribution in [1.29, 1.82) is 0 Å². The molecule has 1 aliphatic rings. The van der Waals surface area contributed by atoms with Crippen molar-refractivity contribution in [3.63, 3.8) is 0 Å². The molecule has 118 valence electrons. The molecule has 1 heterocycles. The van der Waals surface area contributed by atoms with Gasteiger partial charge in [0.05, 0.1) is 0 Å². The molecule has 5 heteroatoms. The molecule has 1 fully saturated rings. The maximum Gasteiger partial charge on any atom is 0.122 e. The quantitative estimate of drug-likeness (QED) is 0.866. The first kappa shape index (κ1) is 16.5. The van der Waals surface area contributed by atoms with Crippen LogP contribution in [0.2, 0.25) is 0 Å². The van der Waals surface area contributed by atoms with E-state index in [0.29, 0.717) is 19.2 Å². The molecule has 1 N–H and O–H groups in total. The molecular weight excluding hydrogens is 286 g/mol. The molecule has 0 spiro atoms. The highest BCUT2D eigenvalue weighted by Gasteiger charge is 2.23. The summed E-state index contributed by atoms with van der Waals surface area (Å²) in [5, 5.41) is 10.1. The minimum absolute atomic E-state index is 0.299. The fourth-order valence-electron chi connectivity index (χ4n) is 2.66. The number of nitrogens with zero attached hydrogens (tertiary/aromatic N) is 1. The van der Waals surface area contributed by atoms with Gasteiger partial charge in [-0.2, -0.15) is 0 Å². The zero-order valence-electron chi connectivity index (χ0n) is 12.8. The lowest BCUT2D eigenvalue weighted by Crippen LogP contribution is -2.42. The summed E-state index contributed by atoms with van der Waals surface area (Å²) in [4.78, 5) is 2.17. The predicted octanol–water partition coefficient (Wildman–Crippen LogP) is 1.58. The van der Waals surface area contributed by atoms with Gasteiger partial charge in [-0.3, -0.25) is 4.21 Å². The van der Waals surface area contributed by atoms with Gasteiger partial charge in [0.15, 0.2) is 0 Å². The maximum absolute atomic E-state index is 11.4. The maximum atomic E-state index is 11.4. The number of aliphatic hydroxyl groups is 1. The molecule has 2 rings (SSSR count). The number of rotatable bonds is 6. The van der Waals surface area contributed by atoms with Gasteiger partial charge in [0.1, 0.15) is 18.5 Å². The summed E-state index contributed by atoms with van der Waals surface area (Å²) in [5.74, 6) is 2.39. The van der Waals surface area contributed by atoms with Crippen molar-refractivity contribution in [1.82, 2.24) is 4.90 Å². The second kappa shape index (κ2) is 7.92. The Hall–Kier alpha value is -0.910. The number of para-hydroxylation sites is 1. The van der Waals surface area contributed by atoms with Crippen molar-refractivity contribution < 1.29 is 14.1 Å². The van der Waals surface area contributed by atoms with Crippen LogP contribution in [0.1, 0.15) is 18.4 Å². The minimum atomic E-state index is -0.635. The van der Waals surface area contributed by atoms with Gasteiger partial charge < -0.3 is 14.7 Å². The standard InChI is InChI=1S/C16H25NO3S/c1-13-5-3-4-6-16(13)20-12-15(18)11-17(2)14-7-9-21(19)10-8-14/h3-6,14-15,18H,7-12H2,1-2H3. The van der Waals surface area contributed by atoms with Gasteiger partial charge in [0.2, 0.25) is 0 Å². The van der Waals surface area contributed by atoms with Crippen LogP contribution in [-0.4, -0.2) is 58.1 Å². The molecule has 1 atom stereocenters. The molecule has 0 bridgehead atoms. The van der Waals surface area contributed by atoms with Gasteiger partial charge in [-0.1, -0.05) is 18.2 Å². The minimum Gasteiger partial charge on any atom is -0.491 e. The SMILES string of the molecule is Cc1ccccc1OCC(O)CN(C)C1CCS(=O)CC1. The number of hydrogen-bond donors (Lipinski definition) is 1. The molecule has 0 aromatic heterocycles. The molecule has 1 unspecified atom stereocenters. The summed E-state index contributed by atoms with van der Waals surface area (Å²) in [5.41, 5.74) is 1.08. The van der Waals surface area contributed by atoms with Crippen molar-refractivity contribution in [2.75, 3.05) is 31.7 Å². The molecule has 0 saturated carbocycles. The summed E-state index contributed by atoms with van der Waals surface area (Å²) in [6.45, 7) is 2.88. The second-order valence-corrected chi connectivity index (χ2v) is 7.45. The Labute approximate surface area is 129 Å². The fourth-order valence-corrected chi connectivity index (χ4v) is 3.93. The molecule has 1 aromatic carbocycles. The molecule has 0 aliphatic carbocycles. The Bertz CT molecular complexity index is 470. The largest absolute Gasteiger partial charge is 0.491 e. The molecule has 0 radical (unpaired) electrons. The van der Waals surface area contributed by atoms with Crippen molar-refractivity contribution in [2.45, 2.75) is 31.9 Å². The van der Waals surface area contributed by atoms with Crippen LogP contribution in [0.3, 0.4) is 0 Å². The Morgan fingerprint density at radius 3 is 2.71 bits per heavy atom. The molecule has 4 nitrogen and oxygen atoms in total. The fraction of sp³-hybridized carbons (Fsp3) is 0.625. The normalized spacial score (nSPS) is 24.0. The number of hydrogen-bond acceptors (Lipinski definition) is 4. The highest BCUT2D eigenvalue weighted by molar-refractivity contribution is 7.85. The lowest BCUT2D eigenvalue weighted by atomic mass is 10.1. The zero-order chi connectivity index (χ0) is 15.2. The van der Waals surface area contributed by atoms with E-state index in [-0.39, 0.29) is 0 Å². The van der Waals surface area contributed by atoms with E-state index in [2.05, 4.69) is 4.90 Å². The first-order chi connectivity index (χ1) is 10.1. The summed E-state index contributed by atoms with van der Waals surface area (Å²) >= 11 is 0. The van der Waals surface area contributed by atoms with Crippen LogP contribution < -0.4 is 4.74 Å². The third kappa shape index (κ3) is 5.09. The van der Waals surface area contributed by atoms with E-state index in [1.54, 1.807) is 0 Å². The van der Waals surface area contributed by atoms with Crippen molar-refractivity contribution in [3.05, 3.63) is 29.8 Å². The summed E-state index contributed by atoms with van der Waals surface area (Å²) in [7, 11) is 1.39. The zero-order valence-corrected chi connectivity index (χ0v) is 13.6. The Balaban J connectivity index is 1.75. The smallest absolute Gasteiger partial charge is 0.122 e. The van der Waals surface area contributed by atoms with Crippen LogP contribution in [0.5, 0.6) is 5.75 Å². The number of benzene rings is 1.